The molecule has 0 fully saturated rings. The number of rotatable bonds is 2. The molecule has 53 valence electrons. The summed E-state index contributed by atoms with van der Waals surface area (Å²) in [5.41, 5.74) is 7.68. The van der Waals surface area contributed by atoms with Crippen LogP contribution in [0.15, 0.2) is 24.3 Å². The molecule has 10 heavy (non-hydrogen) atoms. The molecule has 0 amide bonds. The third-order valence-corrected chi connectivity index (χ3v) is 1.42. The first kappa shape index (κ1) is 7.13. The maximum Gasteiger partial charge on any atom is 0.0349 e. The van der Waals surface area contributed by atoms with E-state index in [-0.39, 0.29) is 0 Å². The van der Waals surface area contributed by atoms with Gasteiger partial charge in [0, 0.05) is 5.69 Å². The van der Waals surface area contributed by atoms with E-state index < -0.39 is 0 Å². The van der Waals surface area contributed by atoms with Crippen molar-refractivity contribution < 1.29 is 0 Å². The molecule has 0 saturated carbocycles. The van der Waals surface area contributed by atoms with Crippen molar-refractivity contribution in [2.75, 3.05) is 5.73 Å². The monoisotopic (exact) mass is 134 g/mol. The molecule has 0 aliphatic heterocycles. The third-order valence-electron chi connectivity index (χ3n) is 1.42. The predicted octanol–water partition coefficient (Wildman–Crippen LogP) is 2.23. The molecule has 0 aliphatic carbocycles. The fourth-order valence-corrected chi connectivity index (χ4v) is 0.917. The quantitative estimate of drug-likeness (QED) is 0.617. The van der Waals surface area contributed by atoms with E-state index in [0.29, 0.717) is 0 Å². The summed E-state index contributed by atoms with van der Waals surface area (Å²) >= 11 is 0. The van der Waals surface area contributed by atoms with Gasteiger partial charge in [-0.15, -0.1) is 0 Å². The molecule has 0 heterocycles. The Balaban J connectivity index is 2.81. The maximum absolute atomic E-state index is 5.68. The summed E-state index contributed by atoms with van der Waals surface area (Å²) in [4.78, 5) is 0. The molecule has 1 nitrogen and oxygen atoms in total. The van der Waals surface area contributed by atoms with Crippen molar-refractivity contribution in [2.24, 2.45) is 0 Å². The molecule has 0 unspecified atom stereocenters. The van der Waals surface area contributed by atoms with Gasteiger partial charge in [-0.25, -0.2) is 0 Å². The second-order valence-electron chi connectivity index (χ2n) is 2.24. The van der Waals surface area contributed by atoms with Crippen molar-refractivity contribution in [3.05, 3.63) is 36.2 Å². The van der Waals surface area contributed by atoms with Crippen LogP contribution in [0, 0.1) is 6.42 Å². The van der Waals surface area contributed by atoms with Crippen LogP contribution in [-0.4, -0.2) is 0 Å². The van der Waals surface area contributed by atoms with Gasteiger partial charge in [-0.3, -0.25) is 0 Å². The van der Waals surface area contributed by atoms with E-state index >= 15 is 0 Å². The minimum absolute atomic E-state index is 0.865. The lowest BCUT2D eigenvalue weighted by molar-refractivity contribution is 1.12. The van der Waals surface area contributed by atoms with Crippen molar-refractivity contribution in [2.45, 2.75) is 13.3 Å². The first-order chi connectivity index (χ1) is 4.84. The van der Waals surface area contributed by atoms with Gasteiger partial charge in [-0.1, -0.05) is 25.1 Å². The van der Waals surface area contributed by atoms with E-state index in [1.807, 2.05) is 24.3 Å². The lowest BCUT2D eigenvalue weighted by Crippen LogP contribution is -1.90. The number of para-hydroxylation sites is 1. The molecule has 1 heteroatoms. The molecular weight excluding hydrogens is 122 g/mol. The zero-order chi connectivity index (χ0) is 7.40. The Labute approximate surface area is 61.9 Å². The number of nitrogen functional groups attached to an aromatic ring is 1. The van der Waals surface area contributed by atoms with Crippen molar-refractivity contribution in [3.8, 4) is 0 Å². The summed E-state index contributed by atoms with van der Waals surface area (Å²) in [7, 11) is 0. The lowest BCUT2D eigenvalue weighted by Gasteiger charge is -2.00. The Bertz CT molecular complexity index is 206. The minimum atomic E-state index is 0.865. The highest BCUT2D eigenvalue weighted by molar-refractivity contribution is 5.49. The number of benzene rings is 1. The number of anilines is 1. The normalized spacial score (nSPS) is 9.70. The molecule has 0 bridgehead atoms. The van der Waals surface area contributed by atoms with Gasteiger partial charge >= 0.3 is 0 Å². The summed E-state index contributed by atoms with van der Waals surface area (Å²) < 4.78 is 0. The number of nitrogens with two attached hydrogens (primary N) is 1. The minimum Gasteiger partial charge on any atom is -0.398 e. The van der Waals surface area contributed by atoms with E-state index in [9.17, 15) is 0 Å². The zero-order valence-electron chi connectivity index (χ0n) is 6.17. The highest BCUT2D eigenvalue weighted by Gasteiger charge is 1.93. The van der Waals surface area contributed by atoms with Gasteiger partial charge in [0.1, 0.15) is 0 Å². The molecule has 1 radical (unpaired) electrons. The molecule has 0 saturated heterocycles. The lowest BCUT2D eigenvalue weighted by atomic mass is 10.1. The van der Waals surface area contributed by atoms with Gasteiger partial charge in [0.25, 0.3) is 0 Å². The van der Waals surface area contributed by atoms with E-state index in [0.717, 1.165) is 17.7 Å². The van der Waals surface area contributed by atoms with Crippen LogP contribution in [0.3, 0.4) is 0 Å². The summed E-state index contributed by atoms with van der Waals surface area (Å²) in [6.45, 7) is 2.10. The molecule has 0 spiro atoms. The van der Waals surface area contributed by atoms with Gasteiger partial charge in [-0.05, 0) is 24.5 Å². The first-order valence-corrected chi connectivity index (χ1v) is 3.52. The van der Waals surface area contributed by atoms with Crippen molar-refractivity contribution in [3.63, 3.8) is 0 Å². The second-order valence-corrected chi connectivity index (χ2v) is 2.24. The van der Waals surface area contributed by atoms with Gasteiger partial charge in [0.05, 0.1) is 0 Å². The first-order valence-electron chi connectivity index (χ1n) is 3.52. The second kappa shape index (κ2) is 3.25. The van der Waals surface area contributed by atoms with Crippen LogP contribution >= 0.6 is 0 Å². The molecule has 2 N–H and O–H groups in total. The van der Waals surface area contributed by atoms with Gasteiger partial charge in [0.2, 0.25) is 0 Å². The van der Waals surface area contributed by atoms with Crippen LogP contribution in [0.1, 0.15) is 18.9 Å². The van der Waals surface area contributed by atoms with Crippen molar-refractivity contribution >= 4 is 5.69 Å². The fourth-order valence-electron chi connectivity index (χ4n) is 0.917. The average Bonchev–Trinajstić information content (AvgIpc) is 1.94. The smallest absolute Gasteiger partial charge is 0.0349 e. The van der Waals surface area contributed by atoms with Gasteiger partial charge in [0.15, 0.2) is 0 Å². The van der Waals surface area contributed by atoms with E-state index in [2.05, 4.69) is 13.3 Å². The highest BCUT2D eigenvalue weighted by atomic mass is 14.6. The van der Waals surface area contributed by atoms with Gasteiger partial charge in [-0.2, -0.15) is 0 Å². The van der Waals surface area contributed by atoms with E-state index in [1.165, 1.54) is 0 Å². The summed E-state index contributed by atoms with van der Waals surface area (Å²) in [5, 5.41) is 0. The standard InChI is InChI=1S/C9H12N/c1-2-5-8-6-3-4-7-9(8)10/h3-7H,2,10H2,1H3. The summed E-state index contributed by atoms with van der Waals surface area (Å²) in [6, 6.07) is 7.89. The number of hydrogen-bond donors (Lipinski definition) is 1. The van der Waals surface area contributed by atoms with Gasteiger partial charge < -0.3 is 5.73 Å². The Kier molecular flexibility index (Phi) is 2.32. The molecule has 1 rings (SSSR count). The highest BCUT2D eigenvalue weighted by Crippen LogP contribution is 2.13. The van der Waals surface area contributed by atoms with Crippen molar-refractivity contribution in [1.82, 2.24) is 0 Å². The Morgan fingerprint density at radius 3 is 2.70 bits per heavy atom. The average molecular weight is 134 g/mol. The Morgan fingerprint density at radius 2 is 2.10 bits per heavy atom. The summed E-state index contributed by atoms with van der Waals surface area (Å²) in [5.74, 6) is 0. The third kappa shape index (κ3) is 1.50. The number of hydrogen-bond acceptors (Lipinski definition) is 1. The Hall–Kier alpha value is -0.980. The van der Waals surface area contributed by atoms with Crippen LogP contribution < -0.4 is 5.73 Å². The molecule has 0 aromatic heterocycles. The molecular formula is C9H12N. The fraction of sp³-hybridized carbons (Fsp3) is 0.222. The van der Waals surface area contributed by atoms with Crippen LogP contribution in [0.25, 0.3) is 0 Å². The van der Waals surface area contributed by atoms with E-state index in [1.54, 1.807) is 0 Å². The SMILES string of the molecule is CC[CH]c1ccccc1N. The van der Waals surface area contributed by atoms with E-state index in [4.69, 9.17) is 5.73 Å². The topological polar surface area (TPSA) is 26.0 Å². The maximum atomic E-state index is 5.68. The van der Waals surface area contributed by atoms with Crippen LogP contribution in [-0.2, 0) is 0 Å². The van der Waals surface area contributed by atoms with Crippen LogP contribution in [0.4, 0.5) is 5.69 Å². The summed E-state index contributed by atoms with van der Waals surface area (Å²) in [6.07, 6.45) is 3.16. The molecule has 0 atom stereocenters. The zero-order valence-corrected chi connectivity index (χ0v) is 6.17. The van der Waals surface area contributed by atoms with Crippen LogP contribution in [0.5, 0.6) is 0 Å². The molecule has 1 aromatic carbocycles. The molecule has 0 aliphatic rings. The Morgan fingerprint density at radius 1 is 1.40 bits per heavy atom. The largest absolute Gasteiger partial charge is 0.398 e. The predicted molar refractivity (Wildman–Crippen MR) is 44.5 cm³/mol. The van der Waals surface area contributed by atoms with Crippen LogP contribution in [0.2, 0.25) is 0 Å². The van der Waals surface area contributed by atoms with Crippen molar-refractivity contribution in [1.29, 1.82) is 0 Å². The molecule has 1 aromatic rings.